The zero-order valence-electron chi connectivity index (χ0n) is 13.3. The van der Waals surface area contributed by atoms with Crippen LogP contribution in [-0.2, 0) is 0 Å². The van der Waals surface area contributed by atoms with Crippen LogP contribution in [0.2, 0.25) is 0 Å². The molecule has 0 spiro atoms. The minimum Gasteiger partial charge on any atom is -0.307 e. The SMILES string of the molecule is Cc1nccnc1C(C)NCC(C(C)C)N1CCCC1. The first-order valence-corrected chi connectivity index (χ1v) is 7.84. The molecule has 2 heterocycles. The Morgan fingerprint density at radius 1 is 1.15 bits per heavy atom. The molecule has 1 aliphatic rings. The molecule has 0 aromatic carbocycles. The molecule has 1 N–H and O–H groups in total. The standard InChI is InChI=1S/C16H28N4/c1-12(2)15(20-9-5-6-10-20)11-19-14(4)16-13(3)17-7-8-18-16/h7-8,12,14-15,19H,5-6,9-11H2,1-4H3. The molecule has 1 aliphatic heterocycles. The van der Waals surface area contributed by atoms with Crippen LogP contribution in [0.25, 0.3) is 0 Å². The van der Waals surface area contributed by atoms with Crippen molar-refractivity contribution in [2.75, 3.05) is 19.6 Å². The number of rotatable bonds is 6. The number of nitrogens with one attached hydrogen (secondary N) is 1. The first kappa shape index (κ1) is 15.4. The third-order valence-electron chi connectivity index (χ3n) is 4.34. The van der Waals surface area contributed by atoms with Crippen molar-refractivity contribution in [3.05, 3.63) is 23.8 Å². The average molecular weight is 276 g/mol. The summed E-state index contributed by atoms with van der Waals surface area (Å²) in [5.41, 5.74) is 2.09. The molecule has 112 valence electrons. The van der Waals surface area contributed by atoms with Crippen molar-refractivity contribution in [2.24, 2.45) is 5.92 Å². The Morgan fingerprint density at radius 3 is 2.40 bits per heavy atom. The molecule has 4 nitrogen and oxygen atoms in total. The van der Waals surface area contributed by atoms with Gasteiger partial charge >= 0.3 is 0 Å². The largest absolute Gasteiger partial charge is 0.307 e. The molecule has 1 saturated heterocycles. The van der Waals surface area contributed by atoms with E-state index in [1.165, 1.54) is 25.9 Å². The summed E-state index contributed by atoms with van der Waals surface area (Å²) in [7, 11) is 0. The lowest BCUT2D eigenvalue weighted by atomic mass is 10.0. The Balaban J connectivity index is 1.93. The minimum atomic E-state index is 0.257. The number of hydrogen-bond acceptors (Lipinski definition) is 4. The molecule has 0 radical (unpaired) electrons. The van der Waals surface area contributed by atoms with Crippen molar-refractivity contribution in [1.82, 2.24) is 20.2 Å². The molecule has 2 atom stereocenters. The van der Waals surface area contributed by atoms with Crippen molar-refractivity contribution >= 4 is 0 Å². The van der Waals surface area contributed by atoms with Crippen molar-refractivity contribution in [3.63, 3.8) is 0 Å². The maximum Gasteiger partial charge on any atom is 0.0782 e. The van der Waals surface area contributed by atoms with Crippen molar-refractivity contribution in [3.8, 4) is 0 Å². The second-order valence-corrected chi connectivity index (χ2v) is 6.21. The van der Waals surface area contributed by atoms with E-state index in [9.17, 15) is 0 Å². The quantitative estimate of drug-likeness (QED) is 0.867. The Kier molecular flexibility index (Phi) is 5.49. The lowest BCUT2D eigenvalue weighted by Gasteiger charge is -2.32. The highest BCUT2D eigenvalue weighted by Crippen LogP contribution is 2.19. The monoisotopic (exact) mass is 276 g/mol. The van der Waals surface area contributed by atoms with Crippen LogP contribution in [0.4, 0.5) is 0 Å². The van der Waals surface area contributed by atoms with E-state index in [0.717, 1.165) is 17.9 Å². The summed E-state index contributed by atoms with van der Waals surface area (Å²) in [4.78, 5) is 11.4. The topological polar surface area (TPSA) is 41.1 Å². The molecule has 2 unspecified atom stereocenters. The van der Waals surface area contributed by atoms with Gasteiger partial charge in [0.25, 0.3) is 0 Å². The van der Waals surface area contributed by atoms with Gasteiger partial charge in [-0.1, -0.05) is 13.8 Å². The molecule has 0 bridgehead atoms. The first-order valence-electron chi connectivity index (χ1n) is 7.84. The normalized spacial score (nSPS) is 19.4. The number of hydrogen-bond donors (Lipinski definition) is 1. The summed E-state index contributed by atoms with van der Waals surface area (Å²) in [6.07, 6.45) is 6.23. The fourth-order valence-electron chi connectivity index (χ4n) is 3.10. The Hall–Kier alpha value is -1.00. The fraction of sp³-hybridized carbons (Fsp3) is 0.750. The number of likely N-dealkylation sites (tertiary alicyclic amines) is 1. The van der Waals surface area contributed by atoms with Gasteiger partial charge in [-0.2, -0.15) is 0 Å². The van der Waals surface area contributed by atoms with E-state index in [0.29, 0.717) is 12.0 Å². The molecule has 1 aromatic rings. The van der Waals surface area contributed by atoms with E-state index in [2.05, 4.69) is 41.0 Å². The van der Waals surface area contributed by atoms with Gasteiger partial charge in [0, 0.05) is 31.0 Å². The van der Waals surface area contributed by atoms with Crippen LogP contribution in [0.3, 0.4) is 0 Å². The highest BCUT2D eigenvalue weighted by Gasteiger charge is 2.25. The van der Waals surface area contributed by atoms with Crippen LogP contribution in [0.1, 0.15) is 51.0 Å². The van der Waals surface area contributed by atoms with Gasteiger partial charge in [0.15, 0.2) is 0 Å². The lowest BCUT2D eigenvalue weighted by Crippen LogP contribution is -2.44. The average Bonchev–Trinajstić information content (AvgIpc) is 2.92. The van der Waals surface area contributed by atoms with Crippen LogP contribution in [0.15, 0.2) is 12.4 Å². The van der Waals surface area contributed by atoms with E-state index < -0.39 is 0 Å². The van der Waals surface area contributed by atoms with Crippen LogP contribution in [0.5, 0.6) is 0 Å². The second-order valence-electron chi connectivity index (χ2n) is 6.21. The summed E-state index contributed by atoms with van der Waals surface area (Å²) in [5.74, 6) is 0.677. The molecule has 0 aliphatic carbocycles. The summed E-state index contributed by atoms with van der Waals surface area (Å²) in [6.45, 7) is 12.4. The molecular formula is C16H28N4. The predicted molar refractivity (Wildman–Crippen MR) is 82.6 cm³/mol. The van der Waals surface area contributed by atoms with E-state index >= 15 is 0 Å². The molecule has 1 fully saturated rings. The summed E-state index contributed by atoms with van der Waals surface area (Å²) >= 11 is 0. The van der Waals surface area contributed by atoms with Crippen LogP contribution in [-0.4, -0.2) is 40.5 Å². The Labute approximate surface area is 123 Å². The van der Waals surface area contributed by atoms with Crippen molar-refractivity contribution < 1.29 is 0 Å². The van der Waals surface area contributed by atoms with Gasteiger partial charge in [0.2, 0.25) is 0 Å². The number of aromatic nitrogens is 2. The molecular weight excluding hydrogens is 248 g/mol. The highest BCUT2D eigenvalue weighted by molar-refractivity contribution is 5.12. The highest BCUT2D eigenvalue weighted by atomic mass is 15.2. The second kappa shape index (κ2) is 7.14. The van der Waals surface area contributed by atoms with Gasteiger partial charge in [-0.3, -0.25) is 14.9 Å². The van der Waals surface area contributed by atoms with E-state index in [1.54, 1.807) is 12.4 Å². The van der Waals surface area contributed by atoms with Crippen LogP contribution >= 0.6 is 0 Å². The maximum atomic E-state index is 4.46. The molecule has 2 rings (SSSR count). The first-order chi connectivity index (χ1) is 9.59. The number of aryl methyl sites for hydroxylation is 1. The van der Waals surface area contributed by atoms with Crippen molar-refractivity contribution in [2.45, 2.75) is 52.6 Å². The van der Waals surface area contributed by atoms with Gasteiger partial charge in [0.1, 0.15) is 0 Å². The third-order valence-corrected chi connectivity index (χ3v) is 4.34. The van der Waals surface area contributed by atoms with Crippen LogP contribution < -0.4 is 5.32 Å². The summed E-state index contributed by atoms with van der Waals surface area (Å²) in [6, 6.07) is 0.879. The van der Waals surface area contributed by atoms with Gasteiger partial charge in [-0.25, -0.2) is 0 Å². The Bertz CT molecular complexity index is 413. The molecule has 1 aromatic heterocycles. The smallest absolute Gasteiger partial charge is 0.0782 e. The predicted octanol–water partition coefficient (Wildman–Crippen LogP) is 2.56. The summed E-state index contributed by atoms with van der Waals surface area (Å²) in [5, 5.41) is 3.65. The van der Waals surface area contributed by atoms with Gasteiger partial charge in [0.05, 0.1) is 11.4 Å². The van der Waals surface area contributed by atoms with Gasteiger partial charge in [-0.15, -0.1) is 0 Å². The van der Waals surface area contributed by atoms with E-state index in [4.69, 9.17) is 0 Å². The lowest BCUT2D eigenvalue weighted by molar-refractivity contribution is 0.182. The van der Waals surface area contributed by atoms with Crippen LogP contribution in [0, 0.1) is 12.8 Å². The van der Waals surface area contributed by atoms with Gasteiger partial charge in [-0.05, 0) is 45.7 Å². The third kappa shape index (κ3) is 3.76. The molecule has 4 heteroatoms. The van der Waals surface area contributed by atoms with Crippen molar-refractivity contribution in [1.29, 1.82) is 0 Å². The minimum absolute atomic E-state index is 0.257. The zero-order chi connectivity index (χ0) is 14.5. The van der Waals surface area contributed by atoms with E-state index in [-0.39, 0.29) is 6.04 Å². The molecule has 20 heavy (non-hydrogen) atoms. The Morgan fingerprint density at radius 2 is 1.80 bits per heavy atom. The summed E-state index contributed by atoms with van der Waals surface area (Å²) < 4.78 is 0. The molecule has 0 amide bonds. The molecule has 0 saturated carbocycles. The fourth-order valence-corrected chi connectivity index (χ4v) is 3.10. The number of nitrogens with zero attached hydrogens (tertiary/aromatic N) is 3. The maximum absolute atomic E-state index is 4.46. The zero-order valence-corrected chi connectivity index (χ0v) is 13.3. The van der Waals surface area contributed by atoms with E-state index in [1.807, 2.05) is 6.92 Å². The van der Waals surface area contributed by atoms with Gasteiger partial charge < -0.3 is 5.32 Å².